The summed E-state index contributed by atoms with van der Waals surface area (Å²) in [6.45, 7) is 4.24. The fraction of sp³-hybridized carbons (Fsp3) is 0.533. The zero-order chi connectivity index (χ0) is 16.2. The van der Waals surface area contributed by atoms with Crippen LogP contribution in [0.2, 0.25) is 0 Å². The molecule has 1 amide bonds. The Balaban J connectivity index is 1.76. The highest BCUT2D eigenvalue weighted by Crippen LogP contribution is 2.26. The number of hydrogen-bond donors (Lipinski definition) is 0. The van der Waals surface area contributed by atoms with Crippen molar-refractivity contribution in [2.24, 2.45) is 0 Å². The Hall–Kier alpha value is -2.51. The molecule has 23 heavy (non-hydrogen) atoms. The highest BCUT2D eigenvalue weighted by molar-refractivity contribution is 5.92. The fourth-order valence-corrected chi connectivity index (χ4v) is 2.92. The second-order valence-corrected chi connectivity index (χ2v) is 5.49. The van der Waals surface area contributed by atoms with Crippen LogP contribution in [0.15, 0.2) is 18.6 Å². The van der Waals surface area contributed by atoms with E-state index in [1.807, 2.05) is 9.47 Å². The molecule has 0 aromatic carbocycles. The Kier molecular flexibility index (Phi) is 4.50. The first-order valence-electron chi connectivity index (χ1n) is 7.77. The van der Waals surface area contributed by atoms with Gasteiger partial charge in [0.1, 0.15) is 17.8 Å². The van der Waals surface area contributed by atoms with E-state index in [-0.39, 0.29) is 17.8 Å². The standard InChI is InChI=1S/C15H20N6O2/c1-3-20-10-17-19-13(20)11-5-4-8-21(9-11)14(22)12-6-7-16-15(18-12)23-2/h6-7,10-11H,3-5,8-9H2,1-2H3. The van der Waals surface area contributed by atoms with Gasteiger partial charge < -0.3 is 14.2 Å². The highest BCUT2D eigenvalue weighted by atomic mass is 16.5. The summed E-state index contributed by atoms with van der Waals surface area (Å²) < 4.78 is 7.02. The van der Waals surface area contributed by atoms with Gasteiger partial charge in [0.05, 0.1) is 7.11 Å². The lowest BCUT2D eigenvalue weighted by Crippen LogP contribution is -2.40. The Morgan fingerprint density at radius 2 is 2.35 bits per heavy atom. The maximum atomic E-state index is 12.7. The van der Waals surface area contributed by atoms with Crippen LogP contribution in [-0.2, 0) is 6.54 Å². The number of aryl methyl sites for hydroxylation is 1. The molecule has 8 heteroatoms. The predicted molar refractivity (Wildman–Crippen MR) is 82.2 cm³/mol. The minimum Gasteiger partial charge on any atom is -0.467 e. The summed E-state index contributed by atoms with van der Waals surface area (Å²) in [4.78, 5) is 22.6. The van der Waals surface area contributed by atoms with Gasteiger partial charge in [0.2, 0.25) is 0 Å². The average molecular weight is 316 g/mol. The Morgan fingerprint density at radius 3 is 3.13 bits per heavy atom. The van der Waals surface area contributed by atoms with Gasteiger partial charge in [-0.15, -0.1) is 10.2 Å². The maximum Gasteiger partial charge on any atom is 0.316 e. The molecule has 2 aromatic heterocycles. The van der Waals surface area contributed by atoms with Crippen molar-refractivity contribution in [3.8, 4) is 6.01 Å². The third-order valence-corrected chi connectivity index (χ3v) is 4.10. The molecule has 1 aliphatic rings. The number of carbonyl (C=O) groups is 1. The lowest BCUT2D eigenvalue weighted by atomic mass is 9.97. The van der Waals surface area contributed by atoms with Crippen LogP contribution in [0, 0.1) is 0 Å². The molecule has 1 unspecified atom stereocenters. The summed E-state index contributed by atoms with van der Waals surface area (Å²) >= 11 is 0. The van der Waals surface area contributed by atoms with Gasteiger partial charge >= 0.3 is 6.01 Å². The molecule has 0 aliphatic carbocycles. The zero-order valence-corrected chi connectivity index (χ0v) is 13.3. The number of methoxy groups -OCH3 is 1. The normalized spacial score (nSPS) is 18.0. The average Bonchev–Trinajstić information content (AvgIpc) is 3.10. The second-order valence-electron chi connectivity index (χ2n) is 5.49. The molecule has 0 bridgehead atoms. The fourth-order valence-electron chi connectivity index (χ4n) is 2.92. The SMILES string of the molecule is CCn1cnnc1C1CCCN(C(=O)c2ccnc(OC)n2)C1. The molecule has 0 saturated carbocycles. The van der Waals surface area contributed by atoms with Crippen molar-refractivity contribution in [2.45, 2.75) is 32.2 Å². The second kappa shape index (κ2) is 6.72. The van der Waals surface area contributed by atoms with Crippen molar-refractivity contribution < 1.29 is 9.53 Å². The molecule has 1 aliphatic heterocycles. The lowest BCUT2D eigenvalue weighted by Gasteiger charge is -2.32. The first-order valence-corrected chi connectivity index (χ1v) is 7.77. The Bertz CT molecular complexity index is 686. The number of amides is 1. The number of nitrogens with zero attached hydrogens (tertiary/aromatic N) is 6. The van der Waals surface area contributed by atoms with Crippen LogP contribution in [0.5, 0.6) is 6.01 Å². The molecule has 3 rings (SSSR count). The smallest absolute Gasteiger partial charge is 0.316 e. The molecule has 3 heterocycles. The van der Waals surface area contributed by atoms with E-state index in [0.29, 0.717) is 12.2 Å². The van der Waals surface area contributed by atoms with Crippen LogP contribution in [-0.4, -0.2) is 55.7 Å². The van der Waals surface area contributed by atoms with Gasteiger partial charge in [0.15, 0.2) is 0 Å². The third-order valence-electron chi connectivity index (χ3n) is 4.10. The monoisotopic (exact) mass is 316 g/mol. The van der Waals surface area contributed by atoms with Gasteiger partial charge in [-0.05, 0) is 25.8 Å². The van der Waals surface area contributed by atoms with E-state index in [0.717, 1.165) is 31.8 Å². The quantitative estimate of drug-likeness (QED) is 0.840. The van der Waals surface area contributed by atoms with Crippen molar-refractivity contribution in [1.82, 2.24) is 29.6 Å². The van der Waals surface area contributed by atoms with E-state index in [9.17, 15) is 4.79 Å². The van der Waals surface area contributed by atoms with Gasteiger partial charge in [0, 0.05) is 31.7 Å². The summed E-state index contributed by atoms with van der Waals surface area (Å²) in [5.74, 6) is 1.06. The van der Waals surface area contributed by atoms with Crippen molar-refractivity contribution >= 4 is 5.91 Å². The van der Waals surface area contributed by atoms with Crippen LogP contribution in [0.25, 0.3) is 0 Å². The van der Waals surface area contributed by atoms with Crippen LogP contribution >= 0.6 is 0 Å². The molecule has 1 fully saturated rings. The van der Waals surface area contributed by atoms with Gasteiger partial charge in [-0.2, -0.15) is 4.98 Å². The van der Waals surface area contributed by atoms with Crippen molar-refractivity contribution in [3.05, 3.63) is 30.1 Å². The van der Waals surface area contributed by atoms with Crippen LogP contribution in [0.3, 0.4) is 0 Å². The maximum absolute atomic E-state index is 12.7. The summed E-state index contributed by atoms with van der Waals surface area (Å²) in [5.41, 5.74) is 0.356. The summed E-state index contributed by atoms with van der Waals surface area (Å²) in [6.07, 6.45) is 5.23. The molecule has 0 spiro atoms. The summed E-state index contributed by atoms with van der Waals surface area (Å²) in [5, 5.41) is 8.23. The number of piperidine rings is 1. The van der Waals surface area contributed by atoms with E-state index in [2.05, 4.69) is 27.1 Å². The predicted octanol–water partition coefficient (Wildman–Crippen LogP) is 1.12. The molecule has 0 radical (unpaired) electrons. The van der Waals surface area contributed by atoms with E-state index in [1.165, 1.54) is 13.3 Å². The Morgan fingerprint density at radius 1 is 1.48 bits per heavy atom. The topological polar surface area (TPSA) is 86.0 Å². The number of aromatic nitrogens is 5. The van der Waals surface area contributed by atoms with E-state index in [1.54, 1.807) is 12.4 Å². The van der Waals surface area contributed by atoms with E-state index < -0.39 is 0 Å². The molecule has 0 N–H and O–H groups in total. The number of ether oxygens (including phenoxy) is 1. The molecular formula is C15H20N6O2. The van der Waals surface area contributed by atoms with Crippen molar-refractivity contribution in [2.75, 3.05) is 20.2 Å². The largest absolute Gasteiger partial charge is 0.467 e. The Labute approximate surface area is 134 Å². The minimum absolute atomic E-state index is 0.0991. The minimum atomic E-state index is -0.0991. The number of rotatable bonds is 4. The number of likely N-dealkylation sites (tertiary alicyclic amines) is 1. The van der Waals surface area contributed by atoms with E-state index >= 15 is 0 Å². The first-order chi connectivity index (χ1) is 11.2. The van der Waals surface area contributed by atoms with Gasteiger partial charge in [0.25, 0.3) is 5.91 Å². The number of hydrogen-bond acceptors (Lipinski definition) is 6. The van der Waals surface area contributed by atoms with Gasteiger partial charge in [-0.25, -0.2) is 4.98 Å². The van der Waals surface area contributed by atoms with Gasteiger partial charge in [-0.1, -0.05) is 0 Å². The van der Waals surface area contributed by atoms with Gasteiger partial charge in [-0.3, -0.25) is 4.79 Å². The molecule has 8 nitrogen and oxygen atoms in total. The van der Waals surface area contributed by atoms with E-state index in [4.69, 9.17) is 4.74 Å². The first kappa shape index (κ1) is 15.4. The van der Waals surface area contributed by atoms with Crippen LogP contribution < -0.4 is 4.74 Å². The molecule has 2 aromatic rings. The molecule has 122 valence electrons. The van der Waals surface area contributed by atoms with Crippen LogP contribution in [0.4, 0.5) is 0 Å². The zero-order valence-electron chi connectivity index (χ0n) is 13.3. The highest BCUT2D eigenvalue weighted by Gasteiger charge is 2.29. The third kappa shape index (κ3) is 3.15. The van der Waals surface area contributed by atoms with Crippen molar-refractivity contribution in [3.63, 3.8) is 0 Å². The lowest BCUT2D eigenvalue weighted by molar-refractivity contribution is 0.0696. The summed E-state index contributed by atoms with van der Waals surface area (Å²) in [6, 6.07) is 1.82. The summed E-state index contributed by atoms with van der Waals surface area (Å²) in [7, 11) is 1.48. The molecule has 1 atom stereocenters. The van der Waals surface area contributed by atoms with Crippen LogP contribution in [0.1, 0.15) is 42.0 Å². The molecular weight excluding hydrogens is 296 g/mol. The number of carbonyl (C=O) groups excluding carboxylic acids is 1. The molecule has 1 saturated heterocycles. The van der Waals surface area contributed by atoms with Crippen molar-refractivity contribution in [1.29, 1.82) is 0 Å².